The van der Waals surface area contributed by atoms with E-state index in [0.717, 1.165) is 16.6 Å². The van der Waals surface area contributed by atoms with Crippen molar-refractivity contribution in [2.75, 3.05) is 0 Å². The van der Waals surface area contributed by atoms with Gasteiger partial charge in [0.2, 0.25) is 0 Å². The van der Waals surface area contributed by atoms with Crippen LogP contribution >= 0.6 is 11.3 Å². The van der Waals surface area contributed by atoms with Crippen molar-refractivity contribution in [2.45, 2.75) is 0 Å². The van der Waals surface area contributed by atoms with Gasteiger partial charge >= 0.3 is 0 Å². The van der Waals surface area contributed by atoms with E-state index >= 15 is 0 Å². The fourth-order valence-corrected chi connectivity index (χ4v) is 8.62. The Morgan fingerprint density at radius 3 is 1.64 bits per heavy atom. The van der Waals surface area contributed by atoms with Crippen molar-refractivity contribution in [2.24, 2.45) is 0 Å². The Morgan fingerprint density at radius 1 is 0.386 bits per heavy atom. The molecular formula is C42H24OS. The molecule has 0 atom stereocenters. The Labute approximate surface area is 257 Å². The molecule has 2 heteroatoms. The molecule has 0 spiro atoms. The van der Waals surface area contributed by atoms with Crippen LogP contribution in [0.2, 0.25) is 0 Å². The maximum Gasteiger partial charge on any atom is 0.136 e. The van der Waals surface area contributed by atoms with Gasteiger partial charge in [-0.15, -0.1) is 11.3 Å². The number of para-hydroxylation sites is 1. The highest BCUT2D eigenvalue weighted by atomic mass is 32.1. The van der Waals surface area contributed by atoms with E-state index in [9.17, 15) is 0 Å². The lowest BCUT2D eigenvalue weighted by Crippen LogP contribution is -1.91. The third-order valence-electron chi connectivity index (χ3n) is 9.24. The van der Waals surface area contributed by atoms with E-state index in [4.69, 9.17) is 4.42 Å². The highest BCUT2D eigenvalue weighted by Crippen LogP contribution is 2.49. The molecule has 0 aliphatic heterocycles. The predicted molar refractivity (Wildman–Crippen MR) is 190 cm³/mol. The summed E-state index contributed by atoms with van der Waals surface area (Å²) >= 11 is 1.91. The zero-order chi connectivity index (χ0) is 28.8. The zero-order valence-corrected chi connectivity index (χ0v) is 24.5. The van der Waals surface area contributed by atoms with Gasteiger partial charge in [0.15, 0.2) is 0 Å². The molecule has 44 heavy (non-hydrogen) atoms. The molecular weight excluding hydrogens is 553 g/mol. The van der Waals surface area contributed by atoms with E-state index < -0.39 is 0 Å². The van der Waals surface area contributed by atoms with E-state index in [-0.39, 0.29) is 0 Å². The number of rotatable bonds is 2. The summed E-state index contributed by atoms with van der Waals surface area (Å²) in [4.78, 5) is 0. The first-order valence-corrected chi connectivity index (χ1v) is 15.8. The van der Waals surface area contributed by atoms with Crippen LogP contribution in [0, 0.1) is 0 Å². The molecule has 0 saturated heterocycles. The highest BCUT2D eigenvalue weighted by Gasteiger charge is 2.21. The summed E-state index contributed by atoms with van der Waals surface area (Å²) in [5, 5.41) is 12.6. The van der Waals surface area contributed by atoms with E-state index in [2.05, 4.69) is 140 Å². The molecule has 10 rings (SSSR count). The van der Waals surface area contributed by atoms with Gasteiger partial charge in [-0.3, -0.25) is 0 Å². The molecule has 0 aliphatic rings. The van der Waals surface area contributed by atoms with Gasteiger partial charge in [0.25, 0.3) is 0 Å². The van der Waals surface area contributed by atoms with Crippen molar-refractivity contribution in [1.82, 2.24) is 0 Å². The maximum absolute atomic E-state index is 6.34. The fourth-order valence-electron chi connectivity index (χ4n) is 7.37. The number of thiophene rings is 1. The number of furan rings is 1. The molecule has 0 radical (unpaired) electrons. The maximum atomic E-state index is 6.34. The topological polar surface area (TPSA) is 13.1 Å². The van der Waals surface area contributed by atoms with Crippen molar-refractivity contribution in [3.8, 4) is 22.3 Å². The molecule has 0 N–H and O–H groups in total. The van der Waals surface area contributed by atoms with Crippen LogP contribution in [0.4, 0.5) is 0 Å². The number of hydrogen-bond donors (Lipinski definition) is 0. The molecule has 0 saturated carbocycles. The SMILES string of the molecule is c1ccc2cc3c(cc2c1)sc1c(-c2c4ccccc4c(-c4cccc5oc6ccccc6c45)c4ccccc24)cccc13. The van der Waals surface area contributed by atoms with Crippen molar-refractivity contribution in [1.29, 1.82) is 0 Å². The number of hydrogen-bond acceptors (Lipinski definition) is 2. The van der Waals surface area contributed by atoms with Crippen LogP contribution in [0.15, 0.2) is 150 Å². The molecule has 0 unspecified atom stereocenters. The van der Waals surface area contributed by atoms with Crippen LogP contribution in [0.5, 0.6) is 0 Å². The Kier molecular flexibility index (Phi) is 4.94. The normalized spacial score (nSPS) is 12.1. The van der Waals surface area contributed by atoms with Crippen LogP contribution in [0.1, 0.15) is 0 Å². The third-order valence-corrected chi connectivity index (χ3v) is 10.4. The smallest absolute Gasteiger partial charge is 0.136 e. The van der Waals surface area contributed by atoms with E-state index in [1.165, 1.54) is 80.1 Å². The Balaban J connectivity index is 1.35. The molecule has 10 aromatic rings. The molecule has 8 aromatic carbocycles. The second-order valence-corrected chi connectivity index (χ2v) is 12.7. The molecule has 0 amide bonds. The van der Waals surface area contributed by atoms with Crippen molar-refractivity contribution >= 4 is 85.8 Å². The van der Waals surface area contributed by atoms with E-state index in [1.807, 2.05) is 17.4 Å². The summed E-state index contributed by atoms with van der Waals surface area (Å²) in [6.45, 7) is 0. The first-order valence-electron chi connectivity index (χ1n) is 15.0. The minimum atomic E-state index is 0.920. The van der Waals surface area contributed by atoms with Gasteiger partial charge in [0, 0.05) is 36.5 Å². The van der Waals surface area contributed by atoms with E-state index in [1.54, 1.807) is 0 Å². The molecule has 2 aromatic heterocycles. The van der Waals surface area contributed by atoms with Gasteiger partial charge in [-0.05, 0) is 73.3 Å². The lowest BCUT2D eigenvalue weighted by molar-refractivity contribution is 0.669. The largest absolute Gasteiger partial charge is 0.456 e. The average Bonchev–Trinajstić information content (AvgIpc) is 3.64. The van der Waals surface area contributed by atoms with Gasteiger partial charge in [-0.2, -0.15) is 0 Å². The van der Waals surface area contributed by atoms with Gasteiger partial charge in [-0.1, -0.05) is 121 Å². The summed E-state index contributed by atoms with van der Waals surface area (Å²) in [6, 6.07) is 53.0. The lowest BCUT2D eigenvalue weighted by atomic mass is 9.84. The van der Waals surface area contributed by atoms with Crippen molar-refractivity contribution in [3.63, 3.8) is 0 Å². The van der Waals surface area contributed by atoms with Crippen LogP contribution in [0.3, 0.4) is 0 Å². The van der Waals surface area contributed by atoms with Crippen molar-refractivity contribution in [3.05, 3.63) is 146 Å². The molecule has 2 heterocycles. The quantitative estimate of drug-likeness (QED) is 0.187. The minimum Gasteiger partial charge on any atom is -0.456 e. The summed E-state index contributed by atoms with van der Waals surface area (Å²) < 4.78 is 9.00. The fraction of sp³-hybridized carbons (Fsp3) is 0. The third kappa shape index (κ3) is 3.29. The summed E-state index contributed by atoms with van der Waals surface area (Å²) in [6.07, 6.45) is 0. The Hall–Kier alpha value is -5.44. The standard InChI is InChI=1S/C42H24OS/c1-2-12-26-24-38-35(23-25(26)11-1)31-18-9-20-34(42(31)44-38)40-29-15-5-3-13-27(29)39(28-14-4-6-16-30(28)40)33-19-10-22-37-41(33)32-17-7-8-21-36(32)43-37/h1-24H. The van der Waals surface area contributed by atoms with Crippen molar-refractivity contribution < 1.29 is 4.42 Å². The van der Waals surface area contributed by atoms with Crippen LogP contribution in [-0.2, 0) is 0 Å². The molecule has 1 nitrogen and oxygen atoms in total. The monoisotopic (exact) mass is 576 g/mol. The lowest BCUT2D eigenvalue weighted by Gasteiger charge is -2.18. The van der Waals surface area contributed by atoms with E-state index in [0.29, 0.717) is 0 Å². The van der Waals surface area contributed by atoms with Gasteiger partial charge < -0.3 is 4.42 Å². The number of fused-ring (bicyclic) bond motifs is 9. The van der Waals surface area contributed by atoms with Crippen LogP contribution in [0.25, 0.3) is 96.7 Å². The molecule has 204 valence electrons. The summed E-state index contributed by atoms with van der Waals surface area (Å²) in [7, 11) is 0. The van der Waals surface area contributed by atoms with Crippen LogP contribution < -0.4 is 0 Å². The molecule has 0 bridgehead atoms. The summed E-state index contributed by atoms with van der Waals surface area (Å²) in [5.74, 6) is 0. The first-order chi connectivity index (χ1) is 21.8. The van der Waals surface area contributed by atoms with Gasteiger partial charge in [-0.25, -0.2) is 0 Å². The Bertz CT molecular complexity index is 2720. The minimum absolute atomic E-state index is 0.920. The number of benzene rings is 8. The average molecular weight is 577 g/mol. The zero-order valence-electron chi connectivity index (χ0n) is 23.7. The Morgan fingerprint density at radius 2 is 0.909 bits per heavy atom. The second kappa shape index (κ2) is 9.03. The van der Waals surface area contributed by atoms with Gasteiger partial charge in [0.05, 0.1) is 0 Å². The molecule has 0 fully saturated rings. The first kappa shape index (κ1) is 24.0. The van der Waals surface area contributed by atoms with Crippen LogP contribution in [-0.4, -0.2) is 0 Å². The predicted octanol–water partition coefficient (Wildman–Crippen LogP) is 12.7. The second-order valence-electron chi connectivity index (χ2n) is 11.6. The van der Waals surface area contributed by atoms with Gasteiger partial charge in [0.1, 0.15) is 11.2 Å². The molecule has 0 aliphatic carbocycles. The highest BCUT2D eigenvalue weighted by molar-refractivity contribution is 7.26. The summed E-state index contributed by atoms with van der Waals surface area (Å²) in [5.41, 5.74) is 6.89.